The summed E-state index contributed by atoms with van der Waals surface area (Å²) in [5.74, 6) is 0.135. The van der Waals surface area contributed by atoms with E-state index in [0.29, 0.717) is 48.1 Å². The number of hydrogen-bond donors (Lipinski definition) is 0. The molecule has 1 fully saturated rings. The standard InChI is InChI=1S/C24H15BrCl2FNO3S2/c1-31-20-9-14(8-17(25)22(20)32-12-13-2-4-15(26)5-3-13)10-21-23(30)29(24(33)34-21)16-6-7-19(28)18(27)11-16/h2-11H,12H2,1H3/b21-10+. The molecule has 0 saturated carbocycles. The average molecular weight is 599 g/mol. The van der Waals surface area contributed by atoms with E-state index in [2.05, 4.69) is 15.9 Å². The normalized spacial score (nSPS) is 14.7. The molecule has 1 saturated heterocycles. The van der Waals surface area contributed by atoms with Gasteiger partial charge >= 0.3 is 0 Å². The van der Waals surface area contributed by atoms with Crippen molar-refractivity contribution in [1.82, 2.24) is 0 Å². The first kappa shape index (κ1) is 25.0. The summed E-state index contributed by atoms with van der Waals surface area (Å²) in [6.07, 6.45) is 1.71. The van der Waals surface area contributed by atoms with E-state index in [4.69, 9.17) is 44.9 Å². The maximum atomic E-state index is 13.5. The second kappa shape index (κ2) is 10.7. The number of hydrogen-bond acceptors (Lipinski definition) is 5. The van der Waals surface area contributed by atoms with E-state index in [1.165, 1.54) is 23.1 Å². The zero-order valence-corrected chi connectivity index (χ0v) is 22.2. The SMILES string of the molecule is COc1cc(/C=C2/SC(=S)N(c3ccc(F)c(Cl)c3)C2=O)cc(Br)c1OCc1ccc(Cl)cc1. The van der Waals surface area contributed by atoms with Crippen molar-refractivity contribution >= 4 is 85.1 Å². The molecule has 1 aliphatic heterocycles. The number of thioether (sulfide) groups is 1. The van der Waals surface area contributed by atoms with E-state index in [0.717, 1.165) is 17.3 Å². The fraction of sp³-hybridized carbons (Fsp3) is 0.0833. The van der Waals surface area contributed by atoms with Gasteiger partial charge in [0.2, 0.25) is 0 Å². The molecule has 0 N–H and O–H groups in total. The summed E-state index contributed by atoms with van der Waals surface area (Å²) in [6.45, 7) is 0.324. The van der Waals surface area contributed by atoms with Gasteiger partial charge in [-0.05, 0) is 75.6 Å². The number of thiocarbonyl (C=S) groups is 1. The second-order valence-electron chi connectivity index (χ2n) is 7.06. The number of carbonyl (C=O) groups is 1. The van der Waals surface area contributed by atoms with Crippen LogP contribution in [0.25, 0.3) is 6.08 Å². The van der Waals surface area contributed by atoms with Gasteiger partial charge in [-0.15, -0.1) is 0 Å². The average Bonchev–Trinajstić information content (AvgIpc) is 3.08. The molecule has 0 aliphatic carbocycles. The molecule has 34 heavy (non-hydrogen) atoms. The quantitative estimate of drug-likeness (QED) is 0.213. The highest BCUT2D eigenvalue weighted by atomic mass is 79.9. The van der Waals surface area contributed by atoms with Crippen LogP contribution in [0, 0.1) is 5.82 Å². The summed E-state index contributed by atoms with van der Waals surface area (Å²) in [7, 11) is 1.54. The van der Waals surface area contributed by atoms with Gasteiger partial charge in [-0.2, -0.15) is 0 Å². The number of methoxy groups -OCH3 is 1. The minimum atomic E-state index is -0.568. The zero-order valence-electron chi connectivity index (χ0n) is 17.5. The van der Waals surface area contributed by atoms with Crippen LogP contribution >= 0.6 is 63.1 Å². The monoisotopic (exact) mass is 597 g/mol. The van der Waals surface area contributed by atoms with Crippen molar-refractivity contribution in [2.24, 2.45) is 0 Å². The second-order valence-corrected chi connectivity index (χ2v) is 10.4. The zero-order chi connectivity index (χ0) is 24.4. The molecule has 0 bridgehead atoms. The van der Waals surface area contributed by atoms with Gasteiger partial charge in [-0.3, -0.25) is 9.69 Å². The number of ether oxygens (including phenoxy) is 2. The minimum Gasteiger partial charge on any atom is -0.493 e. The molecule has 4 rings (SSSR count). The van der Waals surface area contributed by atoms with Crippen molar-refractivity contribution in [1.29, 1.82) is 0 Å². The topological polar surface area (TPSA) is 38.8 Å². The highest BCUT2D eigenvalue weighted by Gasteiger charge is 2.33. The molecule has 0 atom stereocenters. The smallest absolute Gasteiger partial charge is 0.270 e. The van der Waals surface area contributed by atoms with E-state index < -0.39 is 5.82 Å². The molecule has 0 spiro atoms. The van der Waals surface area contributed by atoms with Crippen molar-refractivity contribution in [3.05, 3.63) is 91.0 Å². The Bertz CT molecular complexity index is 1320. The molecule has 0 radical (unpaired) electrons. The number of amides is 1. The first-order valence-electron chi connectivity index (χ1n) is 9.74. The third-order valence-corrected chi connectivity index (χ3v) is 7.23. The Labute approximate surface area is 223 Å². The summed E-state index contributed by atoms with van der Waals surface area (Å²) in [5.41, 5.74) is 2.06. The van der Waals surface area contributed by atoms with Crippen LogP contribution in [0.2, 0.25) is 10.0 Å². The molecule has 0 aromatic heterocycles. The number of benzene rings is 3. The van der Waals surface area contributed by atoms with E-state index in [-0.39, 0.29) is 10.9 Å². The van der Waals surface area contributed by atoms with Gasteiger partial charge in [-0.25, -0.2) is 4.39 Å². The van der Waals surface area contributed by atoms with Crippen LogP contribution in [0.4, 0.5) is 10.1 Å². The van der Waals surface area contributed by atoms with E-state index >= 15 is 0 Å². The van der Waals surface area contributed by atoms with Gasteiger partial charge in [0.15, 0.2) is 15.8 Å². The van der Waals surface area contributed by atoms with E-state index in [1.807, 2.05) is 18.2 Å². The molecule has 3 aromatic rings. The number of nitrogens with zero attached hydrogens (tertiary/aromatic N) is 1. The van der Waals surface area contributed by atoms with E-state index in [9.17, 15) is 9.18 Å². The molecule has 1 heterocycles. The molecule has 4 nitrogen and oxygen atoms in total. The lowest BCUT2D eigenvalue weighted by Crippen LogP contribution is -2.27. The minimum absolute atomic E-state index is 0.0848. The van der Waals surface area contributed by atoms with Crippen LogP contribution in [-0.4, -0.2) is 17.3 Å². The van der Waals surface area contributed by atoms with Gasteiger partial charge in [0, 0.05) is 5.02 Å². The van der Waals surface area contributed by atoms with Crippen molar-refractivity contribution in [2.75, 3.05) is 12.0 Å². The van der Waals surface area contributed by atoms with Crippen molar-refractivity contribution in [3.63, 3.8) is 0 Å². The lowest BCUT2D eigenvalue weighted by molar-refractivity contribution is -0.113. The van der Waals surface area contributed by atoms with Crippen LogP contribution in [0.5, 0.6) is 11.5 Å². The van der Waals surface area contributed by atoms with Crippen LogP contribution < -0.4 is 14.4 Å². The molecule has 0 unspecified atom stereocenters. The fourth-order valence-electron chi connectivity index (χ4n) is 3.17. The van der Waals surface area contributed by atoms with E-state index in [1.54, 1.807) is 31.4 Å². The predicted octanol–water partition coefficient (Wildman–Crippen LogP) is 7.89. The molecular formula is C24H15BrCl2FNO3S2. The molecule has 1 amide bonds. The maximum absolute atomic E-state index is 13.5. The lowest BCUT2D eigenvalue weighted by atomic mass is 10.1. The summed E-state index contributed by atoms with van der Waals surface area (Å²) >= 11 is 21.9. The third kappa shape index (κ3) is 5.42. The number of rotatable bonds is 6. The summed E-state index contributed by atoms with van der Waals surface area (Å²) < 4.78 is 26.0. The first-order valence-corrected chi connectivity index (χ1v) is 12.5. The summed E-state index contributed by atoms with van der Waals surface area (Å²) in [6, 6.07) is 15.0. The Morgan fingerprint density at radius 2 is 1.88 bits per heavy atom. The highest BCUT2D eigenvalue weighted by molar-refractivity contribution is 9.10. The van der Waals surface area contributed by atoms with Gasteiger partial charge in [0.05, 0.1) is 27.2 Å². The Morgan fingerprint density at radius 1 is 1.15 bits per heavy atom. The number of carbonyl (C=O) groups excluding carboxylic acids is 1. The van der Waals surface area contributed by atoms with Gasteiger partial charge in [-0.1, -0.05) is 59.3 Å². The predicted molar refractivity (Wildman–Crippen MR) is 144 cm³/mol. The molecule has 1 aliphatic rings. The van der Waals surface area contributed by atoms with Crippen LogP contribution in [0.3, 0.4) is 0 Å². The largest absolute Gasteiger partial charge is 0.493 e. The Balaban J connectivity index is 1.58. The van der Waals surface area contributed by atoms with Crippen LogP contribution in [0.15, 0.2) is 64.0 Å². The Hall–Kier alpha value is -2.10. The summed E-state index contributed by atoms with van der Waals surface area (Å²) in [4.78, 5) is 14.8. The van der Waals surface area contributed by atoms with Crippen molar-refractivity contribution in [3.8, 4) is 11.5 Å². The molecule has 10 heteroatoms. The van der Waals surface area contributed by atoms with Crippen molar-refractivity contribution in [2.45, 2.75) is 6.61 Å². The first-order chi connectivity index (χ1) is 16.3. The van der Waals surface area contributed by atoms with Crippen molar-refractivity contribution < 1.29 is 18.7 Å². The molecule has 3 aromatic carbocycles. The van der Waals surface area contributed by atoms with Crippen LogP contribution in [0.1, 0.15) is 11.1 Å². The summed E-state index contributed by atoms with van der Waals surface area (Å²) in [5, 5.41) is 0.568. The molecule has 174 valence electrons. The number of halogens is 4. The highest BCUT2D eigenvalue weighted by Crippen LogP contribution is 2.41. The third-order valence-electron chi connectivity index (χ3n) is 4.80. The Kier molecular flexibility index (Phi) is 7.84. The van der Waals surface area contributed by atoms with Gasteiger partial charge in [0.1, 0.15) is 12.4 Å². The van der Waals surface area contributed by atoms with Gasteiger partial charge < -0.3 is 9.47 Å². The van der Waals surface area contributed by atoms with Crippen LogP contribution in [-0.2, 0) is 11.4 Å². The fourth-order valence-corrected chi connectivity index (χ4v) is 5.34. The van der Waals surface area contributed by atoms with Gasteiger partial charge in [0.25, 0.3) is 5.91 Å². The number of anilines is 1. The molecular weight excluding hydrogens is 584 g/mol. The lowest BCUT2D eigenvalue weighted by Gasteiger charge is -2.15. The Morgan fingerprint density at radius 3 is 2.56 bits per heavy atom. The maximum Gasteiger partial charge on any atom is 0.270 e.